The van der Waals surface area contributed by atoms with E-state index >= 15 is 0 Å². The van der Waals surface area contributed by atoms with Crippen LogP contribution >= 0.6 is 0 Å². The van der Waals surface area contributed by atoms with Gasteiger partial charge >= 0.3 is 0 Å². The van der Waals surface area contributed by atoms with E-state index in [2.05, 4.69) is 26.7 Å². The number of hydrogen-bond donors (Lipinski definition) is 1. The summed E-state index contributed by atoms with van der Waals surface area (Å²) in [7, 11) is 0. The van der Waals surface area contributed by atoms with E-state index in [1.165, 1.54) is 5.56 Å². The number of nitrogens with one attached hydrogen (secondary N) is 1. The van der Waals surface area contributed by atoms with E-state index in [0.717, 1.165) is 25.0 Å². The normalized spacial score (nSPS) is 13.0. The van der Waals surface area contributed by atoms with Crippen LogP contribution in [0.25, 0.3) is 0 Å². The molecule has 0 aromatic carbocycles. The van der Waals surface area contributed by atoms with Crippen molar-refractivity contribution in [2.24, 2.45) is 0 Å². The number of pyridine rings is 1. The van der Waals surface area contributed by atoms with Crippen LogP contribution in [0.3, 0.4) is 0 Å². The highest BCUT2D eigenvalue weighted by Crippen LogP contribution is 2.24. The molecule has 2 aromatic rings. The molecular weight excluding hydrogens is 240 g/mol. The minimum Gasteiger partial charge on any atom is -0.367 e. The van der Waals surface area contributed by atoms with Gasteiger partial charge in [0.25, 0.3) is 0 Å². The van der Waals surface area contributed by atoms with E-state index in [1.807, 2.05) is 12.3 Å². The van der Waals surface area contributed by atoms with Crippen molar-refractivity contribution in [2.75, 3.05) is 11.9 Å². The maximum atomic E-state index is 9.18. The van der Waals surface area contributed by atoms with Gasteiger partial charge in [0, 0.05) is 18.4 Å². The predicted molar refractivity (Wildman–Crippen MR) is 69.5 cm³/mol. The smallest absolute Gasteiger partial charge is 0.144 e. The van der Waals surface area contributed by atoms with Gasteiger partial charge in [-0.1, -0.05) is 5.21 Å². The Morgan fingerprint density at radius 3 is 3.16 bits per heavy atom. The fourth-order valence-electron chi connectivity index (χ4n) is 2.33. The average molecular weight is 254 g/mol. The molecule has 2 heterocycles. The van der Waals surface area contributed by atoms with Crippen LogP contribution < -0.4 is 5.32 Å². The highest BCUT2D eigenvalue weighted by atomic mass is 15.4. The summed E-state index contributed by atoms with van der Waals surface area (Å²) in [5, 5.41) is 20.0. The molecule has 1 N–H and O–H groups in total. The molecule has 0 atom stereocenters. The van der Waals surface area contributed by atoms with Gasteiger partial charge in [-0.25, -0.2) is 4.98 Å². The first-order chi connectivity index (χ1) is 9.36. The van der Waals surface area contributed by atoms with E-state index in [-0.39, 0.29) is 0 Å². The Morgan fingerprint density at radius 1 is 1.42 bits per heavy atom. The molecule has 0 amide bonds. The van der Waals surface area contributed by atoms with Crippen molar-refractivity contribution in [3.8, 4) is 6.07 Å². The Labute approximate surface area is 111 Å². The number of nitrogens with zero attached hydrogens (tertiary/aromatic N) is 5. The van der Waals surface area contributed by atoms with Crippen molar-refractivity contribution in [1.82, 2.24) is 20.0 Å². The molecule has 6 nitrogen and oxygen atoms in total. The highest BCUT2D eigenvalue weighted by molar-refractivity contribution is 5.55. The van der Waals surface area contributed by atoms with Crippen LogP contribution in [0.2, 0.25) is 0 Å². The largest absolute Gasteiger partial charge is 0.367 e. The van der Waals surface area contributed by atoms with Gasteiger partial charge in [0.15, 0.2) is 0 Å². The molecule has 0 fully saturated rings. The fraction of sp³-hybridized carbons (Fsp3) is 0.385. The van der Waals surface area contributed by atoms with Gasteiger partial charge in [0.2, 0.25) is 0 Å². The van der Waals surface area contributed by atoms with Crippen LogP contribution in [0.5, 0.6) is 0 Å². The monoisotopic (exact) mass is 254 g/mol. The Balaban J connectivity index is 1.72. The molecule has 0 bridgehead atoms. The molecule has 0 spiro atoms. The lowest BCUT2D eigenvalue weighted by Gasteiger charge is -2.09. The molecule has 1 aliphatic rings. The topological polar surface area (TPSA) is 79.4 Å². The van der Waals surface area contributed by atoms with Gasteiger partial charge in [-0.15, -0.1) is 5.10 Å². The number of anilines is 1. The molecule has 96 valence electrons. The summed E-state index contributed by atoms with van der Waals surface area (Å²) in [6.45, 7) is 1.37. The zero-order chi connectivity index (χ0) is 13.1. The van der Waals surface area contributed by atoms with E-state index in [1.54, 1.807) is 10.9 Å². The second-order valence-corrected chi connectivity index (χ2v) is 4.55. The van der Waals surface area contributed by atoms with Gasteiger partial charge in [-0.3, -0.25) is 4.68 Å². The standard InChI is InChI=1S/C13H14N6/c14-9-11-8-10-2-1-3-12(10)17-13(11)15-4-6-19-7-5-16-18-19/h5,7-8H,1-4,6H2,(H,15,17). The lowest BCUT2D eigenvalue weighted by Crippen LogP contribution is -2.13. The van der Waals surface area contributed by atoms with Gasteiger partial charge in [0.1, 0.15) is 11.9 Å². The van der Waals surface area contributed by atoms with Gasteiger partial charge in [0.05, 0.1) is 18.3 Å². The zero-order valence-corrected chi connectivity index (χ0v) is 10.5. The van der Waals surface area contributed by atoms with Crippen molar-refractivity contribution in [3.63, 3.8) is 0 Å². The minimum atomic E-state index is 0.624. The summed E-state index contributed by atoms with van der Waals surface area (Å²) in [5.74, 6) is 0.684. The van der Waals surface area contributed by atoms with Crippen LogP contribution in [0.4, 0.5) is 5.82 Å². The first-order valence-corrected chi connectivity index (χ1v) is 6.37. The van der Waals surface area contributed by atoms with Crippen LogP contribution in [-0.4, -0.2) is 26.5 Å². The Bertz CT molecular complexity index is 611. The van der Waals surface area contributed by atoms with Crippen LogP contribution in [-0.2, 0) is 19.4 Å². The number of nitriles is 1. The number of aryl methyl sites for hydroxylation is 2. The third-order valence-electron chi connectivity index (χ3n) is 3.28. The van der Waals surface area contributed by atoms with Crippen molar-refractivity contribution < 1.29 is 0 Å². The zero-order valence-electron chi connectivity index (χ0n) is 10.5. The SMILES string of the molecule is N#Cc1cc2c(nc1NCCn1ccnn1)CCC2. The maximum absolute atomic E-state index is 9.18. The molecule has 2 aromatic heterocycles. The summed E-state index contributed by atoms with van der Waals surface area (Å²) in [4.78, 5) is 4.56. The van der Waals surface area contributed by atoms with E-state index in [0.29, 0.717) is 24.5 Å². The van der Waals surface area contributed by atoms with Gasteiger partial charge in [-0.05, 0) is 30.9 Å². The van der Waals surface area contributed by atoms with Gasteiger partial charge in [-0.2, -0.15) is 5.26 Å². The molecule has 0 saturated heterocycles. The third-order valence-corrected chi connectivity index (χ3v) is 3.28. The number of aromatic nitrogens is 4. The lowest BCUT2D eigenvalue weighted by atomic mass is 10.1. The molecule has 6 heteroatoms. The van der Waals surface area contributed by atoms with Crippen molar-refractivity contribution in [3.05, 3.63) is 35.3 Å². The van der Waals surface area contributed by atoms with Crippen LogP contribution in [0.1, 0.15) is 23.2 Å². The minimum absolute atomic E-state index is 0.624. The average Bonchev–Trinajstić information content (AvgIpc) is 3.08. The quantitative estimate of drug-likeness (QED) is 0.885. The van der Waals surface area contributed by atoms with Crippen molar-refractivity contribution in [2.45, 2.75) is 25.8 Å². The second kappa shape index (κ2) is 5.06. The summed E-state index contributed by atoms with van der Waals surface area (Å²) in [6.07, 6.45) is 6.64. The molecule has 3 rings (SSSR count). The maximum Gasteiger partial charge on any atom is 0.144 e. The summed E-state index contributed by atoms with van der Waals surface area (Å²) in [6, 6.07) is 4.17. The second-order valence-electron chi connectivity index (χ2n) is 4.55. The summed E-state index contributed by atoms with van der Waals surface area (Å²) in [5.41, 5.74) is 2.97. The van der Waals surface area contributed by atoms with E-state index in [9.17, 15) is 5.26 Å². The van der Waals surface area contributed by atoms with Crippen LogP contribution in [0.15, 0.2) is 18.5 Å². The molecular formula is C13H14N6. The van der Waals surface area contributed by atoms with Crippen molar-refractivity contribution >= 4 is 5.82 Å². The first-order valence-electron chi connectivity index (χ1n) is 6.37. The molecule has 0 radical (unpaired) electrons. The van der Waals surface area contributed by atoms with E-state index in [4.69, 9.17) is 0 Å². The first kappa shape index (κ1) is 11.7. The number of hydrogen-bond acceptors (Lipinski definition) is 5. The molecule has 0 saturated carbocycles. The predicted octanol–water partition coefficient (Wildman–Crippen LogP) is 1.15. The van der Waals surface area contributed by atoms with Crippen LogP contribution in [0, 0.1) is 11.3 Å². The summed E-state index contributed by atoms with van der Waals surface area (Å²) >= 11 is 0. The summed E-state index contributed by atoms with van der Waals surface area (Å²) < 4.78 is 1.74. The number of fused-ring (bicyclic) bond motifs is 1. The number of rotatable bonds is 4. The highest BCUT2D eigenvalue weighted by Gasteiger charge is 2.16. The lowest BCUT2D eigenvalue weighted by molar-refractivity contribution is 0.608. The molecule has 19 heavy (non-hydrogen) atoms. The fourth-order valence-corrected chi connectivity index (χ4v) is 2.33. The molecule has 0 unspecified atom stereocenters. The Kier molecular flexibility index (Phi) is 3.11. The van der Waals surface area contributed by atoms with Crippen molar-refractivity contribution in [1.29, 1.82) is 5.26 Å². The Morgan fingerprint density at radius 2 is 2.37 bits per heavy atom. The van der Waals surface area contributed by atoms with Gasteiger partial charge < -0.3 is 5.32 Å². The Hall–Kier alpha value is -2.42. The molecule has 1 aliphatic carbocycles. The third kappa shape index (κ3) is 2.40. The van der Waals surface area contributed by atoms with E-state index < -0.39 is 0 Å². The molecule has 0 aliphatic heterocycles.